The number of hydrogen-bond donors (Lipinski definition) is 1. The molecule has 2 aromatic rings. The lowest BCUT2D eigenvalue weighted by Crippen LogP contribution is -2.52. The zero-order valence-electron chi connectivity index (χ0n) is 15.0. The number of ether oxygens (including phenoxy) is 1. The topological polar surface area (TPSA) is 44.8 Å². The summed E-state index contributed by atoms with van der Waals surface area (Å²) in [4.78, 5) is 16.2. The Hall–Kier alpha value is -2.76. The number of rotatable bonds is 5. The molecule has 5 nitrogen and oxygen atoms in total. The van der Waals surface area contributed by atoms with Crippen LogP contribution in [0.4, 0.5) is 14.9 Å². The van der Waals surface area contributed by atoms with E-state index in [4.69, 9.17) is 4.74 Å². The molecule has 1 fully saturated rings. The molecule has 0 atom stereocenters. The highest BCUT2D eigenvalue weighted by atomic mass is 19.1. The van der Waals surface area contributed by atoms with Gasteiger partial charge in [-0.15, -0.1) is 0 Å². The maximum Gasteiger partial charge on any atom is 0.317 e. The Bertz CT molecular complexity index is 745. The standard InChI is InChI=1S/C20H24FN3O2/c1-26-19-8-3-2-5-16(19)9-10-22-20(25)24-13-11-23(12-14-24)18-7-4-6-17(21)15-18/h2-8,15H,9-14H2,1H3,(H,22,25). The van der Waals surface area contributed by atoms with Crippen LogP contribution < -0.4 is 15.0 Å². The quantitative estimate of drug-likeness (QED) is 0.895. The molecule has 3 rings (SSSR count). The van der Waals surface area contributed by atoms with E-state index in [0.717, 1.165) is 23.4 Å². The number of halogens is 1. The molecule has 0 radical (unpaired) electrons. The number of para-hydroxylation sites is 1. The zero-order chi connectivity index (χ0) is 18.4. The Morgan fingerprint density at radius 1 is 1.12 bits per heavy atom. The van der Waals surface area contributed by atoms with E-state index in [0.29, 0.717) is 32.7 Å². The first-order chi connectivity index (χ1) is 12.7. The van der Waals surface area contributed by atoms with E-state index in [1.54, 1.807) is 18.1 Å². The van der Waals surface area contributed by atoms with Crippen molar-refractivity contribution in [2.45, 2.75) is 6.42 Å². The summed E-state index contributed by atoms with van der Waals surface area (Å²) in [6, 6.07) is 14.3. The lowest BCUT2D eigenvalue weighted by atomic mass is 10.1. The van der Waals surface area contributed by atoms with Gasteiger partial charge in [-0.05, 0) is 36.2 Å². The van der Waals surface area contributed by atoms with E-state index in [2.05, 4.69) is 10.2 Å². The van der Waals surface area contributed by atoms with Gasteiger partial charge in [-0.25, -0.2) is 9.18 Å². The first-order valence-corrected chi connectivity index (χ1v) is 8.82. The molecule has 0 saturated carbocycles. The molecule has 1 aliphatic rings. The van der Waals surface area contributed by atoms with Gasteiger partial charge in [0.2, 0.25) is 0 Å². The van der Waals surface area contributed by atoms with Crippen LogP contribution >= 0.6 is 0 Å². The van der Waals surface area contributed by atoms with E-state index in [9.17, 15) is 9.18 Å². The summed E-state index contributed by atoms with van der Waals surface area (Å²) in [5, 5.41) is 2.97. The summed E-state index contributed by atoms with van der Waals surface area (Å²) in [5.41, 5.74) is 1.94. The maximum absolute atomic E-state index is 13.4. The molecule has 1 N–H and O–H groups in total. The maximum atomic E-state index is 13.4. The van der Waals surface area contributed by atoms with Crippen molar-refractivity contribution in [1.82, 2.24) is 10.2 Å². The minimum Gasteiger partial charge on any atom is -0.496 e. The second-order valence-electron chi connectivity index (χ2n) is 6.25. The van der Waals surface area contributed by atoms with Gasteiger partial charge in [0.25, 0.3) is 0 Å². The lowest BCUT2D eigenvalue weighted by molar-refractivity contribution is 0.194. The Labute approximate surface area is 153 Å². The fourth-order valence-corrected chi connectivity index (χ4v) is 3.17. The van der Waals surface area contributed by atoms with Crippen molar-refractivity contribution in [3.63, 3.8) is 0 Å². The summed E-state index contributed by atoms with van der Waals surface area (Å²) >= 11 is 0. The van der Waals surface area contributed by atoms with Crippen LogP contribution in [0.15, 0.2) is 48.5 Å². The number of methoxy groups -OCH3 is 1. The third kappa shape index (κ3) is 4.45. The van der Waals surface area contributed by atoms with Crippen molar-refractivity contribution in [2.75, 3.05) is 44.7 Å². The number of urea groups is 1. The number of anilines is 1. The number of hydrogen-bond acceptors (Lipinski definition) is 3. The minimum absolute atomic E-state index is 0.0567. The van der Waals surface area contributed by atoms with Gasteiger partial charge in [0.15, 0.2) is 0 Å². The van der Waals surface area contributed by atoms with Gasteiger partial charge < -0.3 is 19.9 Å². The average Bonchev–Trinajstić information content (AvgIpc) is 2.68. The predicted octanol–water partition coefficient (Wildman–Crippen LogP) is 2.91. The van der Waals surface area contributed by atoms with Crippen molar-refractivity contribution < 1.29 is 13.9 Å². The van der Waals surface area contributed by atoms with Crippen molar-refractivity contribution in [2.24, 2.45) is 0 Å². The number of nitrogens with one attached hydrogen (secondary N) is 1. The van der Waals surface area contributed by atoms with Crippen LogP contribution in [-0.2, 0) is 6.42 Å². The van der Waals surface area contributed by atoms with E-state index in [1.165, 1.54) is 12.1 Å². The summed E-state index contributed by atoms with van der Waals surface area (Å²) in [6.07, 6.45) is 0.721. The molecule has 1 aliphatic heterocycles. The molecule has 6 heteroatoms. The fraction of sp³-hybridized carbons (Fsp3) is 0.350. The monoisotopic (exact) mass is 357 g/mol. The minimum atomic E-state index is -0.237. The number of nitrogens with zero attached hydrogens (tertiary/aromatic N) is 2. The second-order valence-corrected chi connectivity index (χ2v) is 6.25. The Kier molecular flexibility index (Phi) is 5.94. The molecule has 0 aromatic heterocycles. The molecule has 26 heavy (non-hydrogen) atoms. The van der Waals surface area contributed by atoms with E-state index >= 15 is 0 Å². The Morgan fingerprint density at radius 2 is 1.88 bits per heavy atom. The molecule has 0 unspecified atom stereocenters. The molecule has 138 valence electrons. The van der Waals surface area contributed by atoms with Crippen molar-refractivity contribution in [1.29, 1.82) is 0 Å². The van der Waals surface area contributed by atoms with Gasteiger partial charge >= 0.3 is 6.03 Å². The van der Waals surface area contributed by atoms with E-state index in [-0.39, 0.29) is 11.8 Å². The zero-order valence-corrected chi connectivity index (χ0v) is 15.0. The van der Waals surface area contributed by atoms with Crippen LogP contribution in [0.1, 0.15) is 5.56 Å². The first-order valence-electron chi connectivity index (χ1n) is 8.82. The van der Waals surface area contributed by atoms with Crippen molar-refractivity contribution in [3.05, 3.63) is 59.9 Å². The lowest BCUT2D eigenvalue weighted by Gasteiger charge is -2.36. The van der Waals surface area contributed by atoms with Gasteiger partial charge in [-0.2, -0.15) is 0 Å². The second kappa shape index (κ2) is 8.56. The molecule has 0 bridgehead atoms. The Morgan fingerprint density at radius 3 is 2.62 bits per heavy atom. The van der Waals surface area contributed by atoms with Crippen molar-refractivity contribution in [3.8, 4) is 5.75 Å². The number of benzene rings is 2. The summed E-state index contributed by atoms with van der Waals surface area (Å²) in [6.45, 7) is 3.20. The summed E-state index contributed by atoms with van der Waals surface area (Å²) in [5.74, 6) is 0.601. The van der Waals surface area contributed by atoms with Gasteiger partial charge in [0, 0.05) is 38.4 Å². The van der Waals surface area contributed by atoms with Gasteiger partial charge in [-0.1, -0.05) is 24.3 Å². The SMILES string of the molecule is COc1ccccc1CCNC(=O)N1CCN(c2cccc(F)c2)CC1. The van der Waals surface area contributed by atoms with E-state index < -0.39 is 0 Å². The summed E-state index contributed by atoms with van der Waals surface area (Å²) < 4.78 is 18.7. The number of carbonyl (C=O) groups is 1. The van der Waals surface area contributed by atoms with Crippen LogP contribution in [0, 0.1) is 5.82 Å². The predicted molar refractivity (Wildman–Crippen MR) is 100 cm³/mol. The number of carbonyl (C=O) groups excluding carboxylic acids is 1. The highest BCUT2D eigenvalue weighted by Gasteiger charge is 2.21. The molecule has 1 saturated heterocycles. The van der Waals surface area contributed by atoms with Crippen molar-refractivity contribution >= 4 is 11.7 Å². The van der Waals surface area contributed by atoms with E-state index in [1.807, 2.05) is 30.3 Å². The molecule has 1 heterocycles. The van der Waals surface area contributed by atoms with Crippen LogP contribution in [0.25, 0.3) is 0 Å². The number of amides is 2. The van der Waals surface area contributed by atoms with Gasteiger partial charge in [0.05, 0.1) is 7.11 Å². The highest BCUT2D eigenvalue weighted by Crippen LogP contribution is 2.18. The van der Waals surface area contributed by atoms with Crippen LogP contribution in [0.3, 0.4) is 0 Å². The molecular formula is C20H24FN3O2. The third-order valence-electron chi connectivity index (χ3n) is 4.60. The molecule has 2 amide bonds. The summed E-state index contributed by atoms with van der Waals surface area (Å²) in [7, 11) is 1.65. The van der Waals surface area contributed by atoms with Crippen LogP contribution in [-0.4, -0.2) is 50.8 Å². The average molecular weight is 357 g/mol. The fourth-order valence-electron chi connectivity index (χ4n) is 3.17. The molecule has 0 aliphatic carbocycles. The largest absolute Gasteiger partial charge is 0.496 e. The first kappa shape index (κ1) is 18.0. The smallest absolute Gasteiger partial charge is 0.317 e. The number of piperazine rings is 1. The normalized spacial score (nSPS) is 14.2. The van der Waals surface area contributed by atoms with Crippen LogP contribution in [0.5, 0.6) is 5.75 Å². The molecule has 0 spiro atoms. The molecule has 2 aromatic carbocycles. The van der Waals surface area contributed by atoms with Gasteiger partial charge in [-0.3, -0.25) is 0 Å². The Balaban J connectivity index is 1.45. The molecular weight excluding hydrogens is 333 g/mol. The van der Waals surface area contributed by atoms with Gasteiger partial charge in [0.1, 0.15) is 11.6 Å². The highest BCUT2D eigenvalue weighted by molar-refractivity contribution is 5.74. The third-order valence-corrected chi connectivity index (χ3v) is 4.60. The van der Waals surface area contributed by atoms with Crippen LogP contribution in [0.2, 0.25) is 0 Å².